The number of urea groups is 1. The monoisotopic (exact) mass is 462 g/mol. The van der Waals surface area contributed by atoms with Gasteiger partial charge in [0.05, 0.1) is 16.7 Å². The molecule has 5 rings (SSSR count). The predicted octanol–water partition coefficient (Wildman–Crippen LogP) is 3.70. The third-order valence-electron chi connectivity index (χ3n) is 7.40. The second-order valence-electron chi connectivity index (χ2n) is 9.57. The number of hydrogen-bond donors (Lipinski definition) is 1. The molecule has 1 N–H and O–H groups in total. The molecule has 0 saturated carbocycles. The zero-order valence-corrected chi connectivity index (χ0v) is 19.4. The van der Waals surface area contributed by atoms with Crippen molar-refractivity contribution in [3.8, 4) is 0 Å². The first kappa shape index (κ1) is 22.1. The van der Waals surface area contributed by atoms with E-state index in [9.17, 15) is 24.5 Å². The Kier molecular flexibility index (Phi) is 4.96. The van der Waals surface area contributed by atoms with E-state index >= 15 is 0 Å². The summed E-state index contributed by atoms with van der Waals surface area (Å²) in [5, 5.41) is 13.9. The summed E-state index contributed by atoms with van der Waals surface area (Å²) in [5.41, 5.74) is 2.75. The van der Waals surface area contributed by atoms with Crippen LogP contribution in [0, 0.1) is 36.3 Å². The van der Waals surface area contributed by atoms with E-state index in [0.717, 1.165) is 40.1 Å². The lowest BCUT2D eigenvalue weighted by molar-refractivity contribution is -0.384. The van der Waals surface area contributed by atoms with Crippen LogP contribution in [0.1, 0.15) is 41.5 Å². The molecule has 2 aromatic carbocycles. The van der Waals surface area contributed by atoms with E-state index in [1.807, 2.05) is 37.8 Å². The van der Waals surface area contributed by atoms with Crippen LogP contribution in [0.25, 0.3) is 0 Å². The molecule has 0 bridgehead atoms. The number of nitro benzene ring substituents is 1. The van der Waals surface area contributed by atoms with Gasteiger partial charge in [0.25, 0.3) is 11.6 Å². The second-order valence-corrected chi connectivity index (χ2v) is 9.57. The molecule has 176 valence electrons. The molecule has 9 nitrogen and oxygen atoms in total. The molecular formula is C25H26N4O5. The number of imide groups is 2. The molecule has 0 unspecified atom stereocenters. The number of rotatable bonds is 2. The number of hydrogen-bond acceptors (Lipinski definition) is 6. The minimum Gasteiger partial charge on any atom is -0.367 e. The highest BCUT2D eigenvalue weighted by Gasteiger charge is 2.62. The summed E-state index contributed by atoms with van der Waals surface area (Å²) in [6.45, 7) is 6.25. The third-order valence-corrected chi connectivity index (χ3v) is 7.40. The number of barbiturate groups is 1. The summed E-state index contributed by atoms with van der Waals surface area (Å²) in [7, 11) is 0. The Balaban J connectivity index is 1.70. The van der Waals surface area contributed by atoms with E-state index in [1.165, 1.54) is 12.1 Å². The van der Waals surface area contributed by atoms with Crippen molar-refractivity contribution in [1.82, 2.24) is 5.32 Å². The summed E-state index contributed by atoms with van der Waals surface area (Å²) in [5.74, 6) is -1.19. The molecule has 3 heterocycles. The summed E-state index contributed by atoms with van der Waals surface area (Å²) in [6.07, 6.45) is 2.35. The number of carbonyl (C=O) groups is 3. The van der Waals surface area contributed by atoms with E-state index < -0.39 is 34.2 Å². The Labute approximate surface area is 196 Å². The first-order valence-corrected chi connectivity index (χ1v) is 11.5. The number of carbonyl (C=O) groups excluding carboxylic acids is 3. The molecule has 3 aliphatic rings. The molecule has 0 radical (unpaired) electrons. The van der Waals surface area contributed by atoms with E-state index in [4.69, 9.17) is 0 Å². The number of anilines is 2. The highest BCUT2D eigenvalue weighted by molar-refractivity contribution is 6.31. The maximum absolute atomic E-state index is 14.3. The number of amides is 4. The molecule has 2 atom stereocenters. The van der Waals surface area contributed by atoms with Crippen molar-refractivity contribution in [1.29, 1.82) is 0 Å². The van der Waals surface area contributed by atoms with Crippen molar-refractivity contribution in [2.75, 3.05) is 16.3 Å². The summed E-state index contributed by atoms with van der Waals surface area (Å²) < 4.78 is 0. The van der Waals surface area contributed by atoms with Crippen LogP contribution in [0.4, 0.5) is 21.9 Å². The van der Waals surface area contributed by atoms with Crippen LogP contribution in [0.5, 0.6) is 0 Å². The summed E-state index contributed by atoms with van der Waals surface area (Å²) in [6, 6.07) is 7.22. The van der Waals surface area contributed by atoms with E-state index in [-0.39, 0.29) is 12.1 Å². The number of piperidine rings is 1. The van der Waals surface area contributed by atoms with Crippen molar-refractivity contribution in [3.05, 3.63) is 62.7 Å². The lowest BCUT2D eigenvalue weighted by atomic mass is 9.66. The predicted molar refractivity (Wildman–Crippen MR) is 126 cm³/mol. The smallest absolute Gasteiger partial charge is 0.335 e. The fraction of sp³-hybridized carbons (Fsp3) is 0.400. The molecule has 2 aromatic rings. The summed E-state index contributed by atoms with van der Waals surface area (Å²) in [4.78, 5) is 55.0. The topological polar surface area (TPSA) is 113 Å². The maximum atomic E-state index is 14.3. The van der Waals surface area contributed by atoms with Crippen molar-refractivity contribution < 1.29 is 19.3 Å². The number of fused-ring (bicyclic) bond motifs is 4. The lowest BCUT2D eigenvalue weighted by Crippen LogP contribution is -2.73. The molecule has 34 heavy (non-hydrogen) atoms. The zero-order chi connectivity index (χ0) is 24.4. The maximum Gasteiger partial charge on any atom is 0.335 e. The quantitative estimate of drug-likeness (QED) is 0.414. The van der Waals surface area contributed by atoms with Crippen LogP contribution in [-0.4, -0.2) is 35.4 Å². The highest BCUT2D eigenvalue weighted by atomic mass is 16.6. The van der Waals surface area contributed by atoms with Crippen LogP contribution < -0.4 is 15.1 Å². The number of nitro groups is 1. The first-order valence-electron chi connectivity index (χ1n) is 11.5. The second kappa shape index (κ2) is 7.65. The molecule has 3 aliphatic heterocycles. The number of benzene rings is 2. The average molecular weight is 463 g/mol. The van der Waals surface area contributed by atoms with Gasteiger partial charge in [-0.05, 0) is 62.8 Å². The van der Waals surface area contributed by atoms with Crippen molar-refractivity contribution in [2.24, 2.45) is 5.41 Å². The van der Waals surface area contributed by atoms with Gasteiger partial charge in [-0.15, -0.1) is 0 Å². The largest absolute Gasteiger partial charge is 0.367 e. The zero-order valence-electron chi connectivity index (χ0n) is 19.4. The molecule has 0 aromatic heterocycles. The molecule has 2 fully saturated rings. The van der Waals surface area contributed by atoms with Gasteiger partial charge in [0.2, 0.25) is 5.91 Å². The van der Waals surface area contributed by atoms with Gasteiger partial charge < -0.3 is 4.90 Å². The minimum atomic E-state index is -1.56. The Morgan fingerprint density at radius 2 is 1.76 bits per heavy atom. The standard InChI is InChI=1S/C25H26N4O5/c1-14-10-15(2)21(16(3)11-14)28-23(31)25(22(30)26-24(28)32)13-17-12-18(29(33)34)7-8-19(17)27-9-5-4-6-20(25)27/h7-8,10-12,20H,4-6,9,13H2,1-3H3,(H,26,30,32)/t20-,25-/m1/s1. The Bertz CT molecular complexity index is 1250. The SMILES string of the molecule is Cc1cc(C)c(N2C(=O)NC(=O)[C@]3(Cc4cc([N+](=O)[O-])ccc4N4CCCC[C@@H]43)C2=O)c(C)c1. The van der Waals surface area contributed by atoms with Gasteiger partial charge in [-0.3, -0.25) is 25.0 Å². The number of aryl methyl sites for hydroxylation is 3. The Morgan fingerprint density at radius 1 is 1.06 bits per heavy atom. The van der Waals surface area contributed by atoms with Gasteiger partial charge in [-0.25, -0.2) is 9.69 Å². The fourth-order valence-electron chi connectivity index (χ4n) is 6.09. The number of nitrogens with one attached hydrogen (secondary N) is 1. The molecule has 0 aliphatic carbocycles. The normalized spacial score (nSPS) is 24.1. The Morgan fingerprint density at radius 3 is 2.44 bits per heavy atom. The van der Waals surface area contributed by atoms with E-state index in [0.29, 0.717) is 24.2 Å². The van der Waals surface area contributed by atoms with Gasteiger partial charge in [-0.2, -0.15) is 0 Å². The molecule has 2 saturated heterocycles. The van der Waals surface area contributed by atoms with Crippen molar-refractivity contribution >= 4 is 34.9 Å². The van der Waals surface area contributed by atoms with Crippen molar-refractivity contribution in [2.45, 2.75) is 52.5 Å². The molecular weight excluding hydrogens is 436 g/mol. The summed E-state index contributed by atoms with van der Waals surface area (Å²) >= 11 is 0. The highest BCUT2D eigenvalue weighted by Crippen LogP contribution is 2.49. The Hall–Kier alpha value is -3.75. The molecule has 9 heteroatoms. The van der Waals surface area contributed by atoms with Crippen LogP contribution >= 0.6 is 0 Å². The van der Waals surface area contributed by atoms with Gasteiger partial charge >= 0.3 is 6.03 Å². The van der Waals surface area contributed by atoms with Crippen LogP contribution in [0.2, 0.25) is 0 Å². The van der Waals surface area contributed by atoms with Crippen LogP contribution in [0.15, 0.2) is 30.3 Å². The van der Waals surface area contributed by atoms with E-state index in [1.54, 1.807) is 6.07 Å². The third kappa shape index (κ3) is 3.03. The molecule has 4 amide bonds. The van der Waals surface area contributed by atoms with Gasteiger partial charge in [-0.1, -0.05) is 17.7 Å². The van der Waals surface area contributed by atoms with Crippen LogP contribution in [-0.2, 0) is 16.0 Å². The van der Waals surface area contributed by atoms with Crippen LogP contribution in [0.3, 0.4) is 0 Å². The first-order chi connectivity index (χ1) is 16.1. The minimum absolute atomic E-state index is 0.00355. The number of non-ortho nitro benzene ring substituents is 1. The lowest BCUT2D eigenvalue weighted by Gasteiger charge is -2.53. The fourth-order valence-corrected chi connectivity index (χ4v) is 6.09. The van der Waals surface area contributed by atoms with E-state index in [2.05, 4.69) is 5.32 Å². The average Bonchev–Trinajstić information content (AvgIpc) is 2.78. The van der Waals surface area contributed by atoms with Crippen molar-refractivity contribution in [3.63, 3.8) is 0 Å². The van der Waals surface area contributed by atoms with Gasteiger partial charge in [0, 0.05) is 30.8 Å². The molecule has 1 spiro atoms. The van der Waals surface area contributed by atoms with Gasteiger partial charge in [0.15, 0.2) is 5.41 Å². The number of nitrogens with zero attached hydrogens (tertiary/aromatic N) is 3. The van der Waals surface area contributed by atoms with Gasteiger partial charge in [0.1, 0.15) is 0 Å².